The molecule has 0 bridgehead atoms. The Bertz CT molecular complexity index is 267. The van der Waals surface area contributed by atoms with Gasteiger partial charge >= 0.3 is 5.97 Å². The zero-order valence-electron chi connectivity index (χ0n) is 8.40. The zero-order chi connectivity index (χ0) is 12.0. The van der Waals surface area contributed by atoms with Crippen molar-refractivity contribution in [2.75, 3.05) is 0 Å². The summed E-state index contributed by atoms with van der Waals surface area (Å²) < 4.78 is 0. The molecular formula is C8H15N3O4. The number of rotatable bonds is 6. The van der Waals surface area contributed by atoms with Crippen LogP contribution in [0.4, 0.5) is 0 Å². The van der Waals surface area contributed by atoms with Crippen molar-refractivity contribution >= 4 is 17.8 Å². The van der Waals surface area contributed by atoms with E-state index in [1.54, 1.807) is 0 Å². The maximum Gasteiger partial charge on any atom is 0.325 e. The zero-order valence-corrected chi connectivity index (χ0v) is 8.40. The Morgan fingerprint density at radius 2 is 1.93 bits per heavy atom. The average Bonchev–Trinajstić information content (AvgIpc) is 2.13. The first-order chi connectivity index (χ1) is 6.84. The molecule has 2 atom stereocenters. The summed E-state index contributed by atoms with van der Waals surface area (Å²) in [6.07, 6.45) is 0.0786. The number of amides is 2. The van der Waals surface area contributed by atoms with Gasteiger partial charge in [-0.15, -0.1) is 0 Å². The minimum atomic E-state index is -1.12. The first-order valence-electron chi connectivity index (χ1n) is 4.41. The maximum atomic E-state index is 11.1. The number of primary amides is 1. The molecule has 0 unspecified atom stereocenters. The van der Waals surface area contributed by atoms with Crippen LogP contribution < -0.4 is 16.8 Å². The molecule has 0 spiro atoms. The molecule has 0 heterocycles. The van der Waals surface area contributed by atoms with Gasteiger partial charge in [-0.25, -0.2) is 0 Å². The summed E-state index contributed by atoms with van der Waals surface area (Å²) in [5, 5.41) is 10.7. The van der Waals surface area contributed by atoms with Gasteiger partial charge in [0.25, 0.3) is 0 Å². The van der Waals surface area contributed by atoms with Crippen molar-refractivity contribution in [1.29, 1.82) is 0 Å². The quantitative estimate of drug-likeness (QED) is 0.415. The number of nitrogens with one attached hydrogen (secondary N) is 1. The van der Waals surface area contributed by atoms with Gasteiger partial charge in [-0.1, -0.05) is 0 Å². The van der Waals surface area contributed by atoms with Crippen molar-refractivity contribution in [3.05, 3.63) is 0 Å². The molecule has 0 aromatic heterocycles. The molecule has 0 saturated heterocycles. The van der Waals surface area contributed by atoms with E-state index in [4.69, 9.17) is 16.6 Å². The minimum Gasteiger partial charge on any atom is -0.480 e. The summed E-state index contributed by atoms with van der Waals surface area (Å²) in [5.74, 6) is -2.28. The van der Waals surface area contributed by atoms with Crippen LogP contribution in [0.1, 0.15) is 19.8 Å². The van der Waals surface area contributed by atoms with Crippen molar-refractivity contribution in [3.63, 3.8) is 0 Å². The highest BCUT2D eigenvalue weighted by Crippen LogP contribution is 1.94. The second-order valence-corrected chi connectivity index (χ2v) is 3.17. The molecule has 2 amide bonds. The fourth-order valence-electron chi connectivity index (χ4n) is 0.804. The van der Waals surface area contributed by atoms with Crippen molar-refractivity contribution < 1.29 is 19.5 Å². The number of hydrogen-bond donors (Lipinski definition) is 4. The van der Waals surface area contributed by atoms with E-state index in [0.717, 1.165) is 0 Å². The molecule has 86 valence electrons. The van der Waals surface area contributed by atoms with Crippen molar-refractivity contribution in [1.82, 2.24) is 5.32 Å². The highest BCUT2D eigenvalue weighted by Gasteiger charge is 2.16. The summed E-state index contributed by atoms with van der Waals surface area (Å²) in [6.45, 7) is 1.34. The van der Waals surface area contributed by atoms with Gasteiger partial charge in [0.2, 0.25) is 11.8 Å². The predicted molar refractivity (Wildman–Crippen MR) is 51.6 cm³/mol. The van der Waals surface area contributed by atoms with Crippen LogP contribution in [-0.2, 0) is 14.4 Å². The number of carbonyl (C=O) groups is 3. The molecule has 0 aliphatic rings. The molecule has 15 heavy (non-hydrogen) atoms. The largest absolute Gasteiger partial charge is 0.480 e. The Hall–Kier alpha value is -1.63. The van der Waals surface area contributed by atoms with E-state index < -0.39 is 29.9 Å². The van der Waals surface area contributed by atoms with E-state index in [1.807, 2.05) is 0 Å². The highest BCUT2D eigenvalue weighted by molar-refractivity contribution is 5.84. The topological polar surface area (TPSA) is 136 Å². The molecule has 0 aromatic carbocycles. The number of aliphatic carboxylic acids is 1. The lowest BCUT2D eigenvalue weighted by Crippen LogP contribution is -2.41. The van der Waals surface area contributed by atoms with Crippen LogP contribution >= 0.6 is 0 Å². The van der Waals surface area contributed by atoms with E-state index in [2.05, 4.69) is 5.32 Å². The van der Waals surface area contributed by atoms with Gasteiger partial charge in [-0.3, -0.25) is 14.4 Å². The summed E-state index contributed by atoms with van der Waals surface area (Å²) >= 11 is 0. The molecule has 0 rings (SSSR count). The molecule has 0 radical (unpaired) electrons. The number of nitrogens with two attached hydrogens (primary N) is 2. The Labute approximate surface area is 86.8 Å². The lowest BCUT2D eigenvalue weighted by molar-refractivity contribution is -0.141. The molecule has 0 aliphatic heterocycles. The fraction of sp³-hybridized carbons (Fsp3) is 0.625. The summed E-state index contributed by atoms with van der Waals surface area (Å²) in [4.78, 5) is 32.0. The van der Waals surface area contributed by atoms with Crippen LogP contribution in [0, 0.1) is 0 Å². The van der Waals surface area contributed by atoms with Gasteiger partial charge in [0.15, 0.2) is 0 Å². The molecule has 0 aromatic rings. The first-order valence-corrected chi connectivity index (χ1v) is 4.41. The predicted octanol–water partition coefficient (Wildman–Crippen LogP) is -1.83. The van der Waals surface area contributed by atoms with Gasteiger partial charge in [0.1, 0.15) is 6.04 Å². The second kappa shape index (κ2) is 5.97. The third-order valence-corrected chi connectivity index (χ3v) is 1.80. The van der Waals surface area contributed by atoms with E-state index in [0.29, 0.717) is 0 Å². The Balaban J connectivity index is 3.85. The van der Waals surface area contributed by atoms with Crippen LogP contribution in [0.2, 0.25) is 0 Å². The summed E-state index contributed by atoms with van der Waals surface area (Å²) in [5.41, 5.74) is 10.2. The first kappa shape index (κ1) is 13.4. The smallest absolute Gasteiger partial charge is 0.325 e. The van der Waals surface area contributed by atoms with Crippen molar-refractivity contribution in [3.8, 4) is 0 Å². The number of carboxylic acids is 1. The molecule has 0 aliphatic carbocycles. The normalized spacial score (nSPS) is 14.0. The van der Waals surface area contributed by atoms with Gasteiger partial charge in [0, 0.05) is 6.42 Å². The van der Waals surface area contributed by atoms with Crippen LogP contribution in [-0.4, -0.2) is 35.0 Å². The Kier molecular flexibility index (Phi) is 5.32. The van der Waals surface area contributed by atoms with Gasteiger partial charge in [-0.2, -0.15) is 0 Å². The fourth-order valence-corrected chi connectivity index (χ4v) is 0.804. The van der Waals surface area contributed by atoms with Crippen molar-refractivity contribution in [2.45, 2.75) is 31.8 Å². The number of hydrogen-bond acceptors (Lipinski definition) is 4. The van der Waals surface area contributed by atoms with E-state index >= 15 is 0 Å². The van der Waals surface area contributed by atoms with Crippen LogP contribution in [0.3, 0.4) is 0 Å². The van der Waals surface area contributed by atoms with Crippen molar-refractivity contribution in [2.24, 2.45) is 11.5 Å². The third-order valence-electron chi connectivity index (χ3n) is 1.80. The molecule has 0 saturated carbocycles. The van der Waals surface area contributed by atoms with Crippen LogP contribution in [0.5, 0.6) is 0 Å². The monoisotopic (exact) mass is 217 g/mol. The molecular weight excluding hydrogens is 202 g/mol. The second-order valence-electron chi connectivity index (χ2n) is 3.17. The third kappa shape index (κ3) is 5.63. The molecule has 7 heteroatoms. The van der Waals surface area contributed by atoms with Gasteiger partial charge in [-0.05, 0) is 13.3 Å². The average molecular weight is 217 g/mol. The van der Waals surface area contributed by atoms with E-state index in [1.165, 1.54) is 6.92 Å². The minimum absolute atomic E-state index is 0.0261. The van der Waals surface area contributed by atoms with Crippen LogP contribution in [0.15, 0.2) is 0 Å². The standard InChI is InChI=1S/C8H15N3O4/c1-4(8(14)15)11-6(12)3-2-5(9)7(10)13/h4-5H,2-3,9H2,1H3,(H2,10,13)(H,11,12)(H,14,15)/t4-,5+/m0/s1. The lowest BCUT2D eigenvalue weighted by atomic mass is 10.1. The molecule has 6 N–H and O–H groups in total. The number of carboxylic acid groups (broad SMARTS) is 1. The van der Waals surface area contributed by atoms with Gasteiger partial charge in [0.05, 0.1) is 6.04 Å². The van der Waals surface area contributed by atoms with E-state index in [-0.39, 0.29) is 12.8 Å². The maximum absolute atomic E-state index is 11.1. The SMILES string of the molecule is C[C@H](NC(=O)CC[C@@H](N)C(N)=O)C(=O)O. The molecule has 7 nitrogen and oxygen atoms in total. The van der Waals surface area contributed by atoms with Gasteiger partial charge < -0.3 is 21.9 Å². The summed E-state index contributed by atoms with van der Waals surface area (Å²) in [7, 11) is 0. The van der Waals surface area contributed by atoms with E-state index in [9.17, 15) is 14.4 Å². The highest BCUT2D eigenvalue weighted by atomic mass is 16.4. The number of carbonyl (C=O) groups excluding carboxylic acids is 2. The Morgan fingerprint density at radius 1 is 1.40 bits per heavy atom. The summed E-state index contributed by atoms with van der Waals surface area (Å²) in [6, 6.07) is -1.84. The van der Waals surface area contributed by atoms with Crippen LogP contribution in [0.25, 0.3) is 0 Å². The molecule has 0 fully saturated rings. The Morgan fingerprint density at radius 3 is 2.33 bits per heavy atom. The lowest BCUT2D eigenvalue weighted by Gasteiger charge is -2.10.